The third-order valence-electron chi connectivity index (χ3n) is 4.28. The highest BCUT2D eigenvalue weighted by Gasteiger charge is 2.21. The van der Waals surface area contributed by atoms with Crippen LogP contribution in [0.3, 0.4) is 0 Å². The van der Waals surface area contributed by atoms with Crippen molar-refractivity contribution in [2.75, 3.05) is 6.54 Å². The Bertz CT molecular complexity index is 703. The molecule has 0 N–H and O–H groups in total. The van der Waals surface area contributed by atoms with E-state index in [0.29, 0.717) is 11.4 Å². The van der Waals surface area contributed by atoms with Crippen LogP contribution in [0.4, 0.5) is 0 Å². The molecule has 0 radical (unpaired) electrons. The molecule has 0 amide bonds. The number of unbranched alkanes of at least 4 members (excludes halogenated alkanes) is 1. The molecular formula is C20H27NO2S. The number of rotatable bonds is 7. The Kier molecular flexibility index (Phi) is 6.89. The highest BCUT2D eigenvalue weighted by atomic mass is 32.2. The number of allylic oxidation sites excluding steroid dienone is 2. The largest absolute Gasteiger partial charge is 0.266 e. The van der Waals surface area contributed by atoms with Crippen molar-refractivity contribution in [2.45, 2.75) is 56.8 Å². The van der Waals surface area contributed by atoms with Gasteiger partial charge in [0.1, 0.15) is 0 Å². The summed E-state index contributed by atoms with van der Waals surface area (Å²) in [5.74, 6) is 0. The molecular weight excluding hydrogens is 318 g/mol. The van der Waals surface area contributed by atoms with Crippen LogP contribution in [0.1, 0.15) is 50.5 Å². The van der Waals surface area contributed by atoms with Gasteiger partial charge in [-0.25, -0.2) is 8.42 Å². The number of aryl methyl sites for hydroxylation is 1. The minimum Gasteiger partial charge on any atom is -0.266 e. The summed E-state index contributed by atoms with van der Waals surface area (Å²) < 4.78 is 27.3. The summed E-state index contributed by atoms with van der Waals surface area (Å²) in [6, 6.07) is 7.01. The monoisotopic (exact) mass is 345 g/mol. The molecule has 0 unspecified atom stereocenters. The molecule has 1 aromatic rings. The van der Waals surface area contributed by atoms with Gasteiger partial charge in [0, 0.05) is 6.54 Å². The predicted octanol–water partition coefficient (Wildman–Crippen LogP) is 4.96. The Morgan fingerprint density at radius 1 is 1.17 bits per heavy atom. The molecule has 0 spiro atoms. The molecule has 0 bridgehead atoms. The number of hydrogen-bond donors (Lipinski definition) is 0. The second kappa shape index (κ2) is 8.91. The van der Waals surface area contributed by atoms with Crippen LogP contribution in [0.2, 0.25) is 0 Å². The van der Waals surface area contributed by atoms with Gasteiger partial charge in [-0.3, -0.25) is 4.31 Å². The van der Waals surface area contributed by atoms with E-state index in [1.54, 1.807) is 18.3 Å². The Hall–Kier alpha value is -1.77. The van der Waals surface area contributed by atoms with Gasteiger partial charge >= 0.3 is 0 Å². The van der Waals surface area contributed by atoms with Crippen LogP contribution in [0.5, 0.6) is 0 Å². The summed E-state index contributed by atoms with van der Waals surface area (Å²) in [6.45, 7) is 6.11. The van der Waals surface area contributed by atoms with Crippen molar-refractivity contribution in [2.24, 2.45) is 0 Å². The molecule has 0 atom stereocenters. The fourth-order valence-corrected chi connectivity index (χ4v) is 4.09. The molecule has 1 fully saturated rings. The molecule has 2 rings (SSSR count). The van der Waals surface area contributed by atoms with Crippen molar-refractivity contribution in [3.63, 3.8) is 0 Å². The first-order valence-corrected chi connectivity index (χ1v) is 10.1. The molecule has 0 saturated heterocycles. The molecule has 130 valence electrons. The highest BCUT2D eigenvalue weighted by molar-refractivity contribution is 7.89. The maximum Gasteiger partial charge on any atom is 0.264 e. The highest BCUT2D eigenvalue weighted by Crippen LogP contribution is 2.22. The zero-order valence-corrected chi connectivity index (χ0v) is 15.3. The maximum atomic E-state index is 12.9. The van der Waals surface area contributed by atoms with Gasteiger partial charge < -0.3 is 0 Å². The third kappa shape index (κ3) is 5.12. The third-order valence-corrected chi connectivity index (χ3v) is 6.06. The fourth-order valence-electron chi connectivity index (χ4n) is 2.78. The molecule has 0 aromatic heterocycles. The van der Waals surface area contributed by atoms with E-state index in [2.05, 4.69) is 12.3 Å². The summed E-state index contributed by atoms with van der Waals surface area (Å²) >= 11 is 0. The van der Waals surface area contributed by atoms with E-state index in [1.165, 1.54) is 29.1 Å². The van der Waals surface area contributed by atoms with Crippen molar-refractivity contribution < 1.29 is 8.42 Å². The van der Waals surface area contributed by atoms with Gasteiger partial charge in [0.15, 0.2) is 0 Å². The van der Waals surface area contributed by atoms with Gasteiger partial charge in [-0.15, -0.1) is 12.3 Å². The van der Waals surface area contributed by atoms with Crippen LogP contribution in [0.15, 0.2) is 59.3 Å². The summed E-state index contributed by atoms with van der Waals surface area (Å²) in [7, 11) is -3.53. The molecule has 1 aliphatic carbocycles. The molecule has 4 heteroatoms. The van der Waals surface area contributed by atoms with Gasteiger partial charge in [0.2, 0.25) is 0 Å². The Morgan fingerprint density at radius 3 is 2.46 bits per heavy atom. The van der Waals surface area contributed by atoms with Crippen molar-refractivity contribution in [3.8, 4) is 0 Å². The Morgan fingerprint density at radius 2 is 1.83 bits per heavy atom. The Balaban J connectivity index is 2.28. The van der Waals surface area contributed by atoms with Crippen LogP contribution in [-0.4, -0.2) is 19.3 Å². The van der Waals surface area contributed by atoms with Crippen molar-refractivity contribution in [1.82, 2.24) is 4.31 Å². The lowest BCUT2D eigenvalue weighted by molar-refractivity contribution is 0.490. The first-order valence-electron chi connectivity index (χ1n) is 8.68. The molecule has 1 saturated carbocycles. The number of sulfonamides is 1. The quantitative estimate of drug-likeness (QED) is 0.398. The Labute approximate surface area is 146 Å². The summed E-state index contributed by atoms with van der Waals surface area (Å²) in [5, 5.41) is 0. The fraction of sp³-hybridized carbons (Fsp3) is 0.450. The molecule has 24 heavy (non-hydrogen) atoms. The first kappa shape index (κ1) is 18.6. The lowest BCUT2D eigenvalue weighted by Crippen LogP contribution is -2.27. The minimum absolute atomic E-state index is 0.332. The minimum atomic E-state index is -3.53. The second-order valence-corrected chi connectivity index (χ2v) is 8.19. The lowest BCUT2D eigenvalue weighted by atomic mass is 9.96. The van der Waals surface area contributed by atoms with Crippen LogP contribution >= 0.6 is 0 Å². The van der Waals surface area contributed by atoms with E-state index < -0.39 is 10.0 Å². The first-order chi connectivity index (χ1) is 11.5. The molecule has 3 nitrogen and oxygen atoms in total. The van der Waals surface area contributed by atoms with Gasteiger partial charge in [-0.1, -0.05) is 30.2 Å². The topological polar surface area (TPSA) is 37.4 Å². The van der Waals surface area contributed by atoms with Crippen LogP contribution < -0.4 is 0 Å². The van der Waals surface area contributed by atoms with E-state index >= 15 is 0 Å². The zero-order valence-electron chi connectivity index (χ0n) is 14.5. The number of nitrogens with zero attached hydrogens (tertiary/aromatic N) is 1. The predicted molar refractivity (Wildman–Crippen MR) is 99.2 cm³/mol. The number of benzene rings is 1. The van der Waals surface area contributed by atoms with E-state index in [9.17, 15) is 8.42 Å². The molecule has 1 aromatic carbocycles. The van der Waals surface area contributed by atoms with Gasteiger partial charge in [0.05, 0.1) is 11.1 Å². The summed E-state index contributed by atoms with van der Waals surface area (Å²) in [5.41, 5.74) is 5.53. The van der Waals surface area contributed by atoms with Gasteiger partial charge in [0.25, 0.3) is 10.0 Å². The van der Waals surface area contributed by atoms with Crippen molar-refractivity contribution in [3.05, 3.63) is 60.0 Å². The average molecular weight is 346 g/mol. The van der Waals surface area contributed by atoms with E-state index in [1.807, 2.05) is 25.1 Å². The summed E-state index contributed by atoms with van der Waals surface area (Å²) in [4.78, 5) is 0.332. The average Bonchev–Trinajstić information content (AvgIpc) is 2.59. The van der Waals surface area contributed by atoms with Crippen LogP contribution in [0.25, 0.3) is 0 Å². The summed E-state index contributed by atoms with van der Waals surface area (Å²) in [6.07, 6.45) is 10.7. The maximum absolute atomic E-state index is 12.9. The van der Waals surface area contributed by atoms with Gasteiger partial charge in [-0.2, -0.15) is 0 Å². The van der Waals surface area contributed by atoms with Gasteiger partial charge in [-0.05, 0) is 63.2 Å². The van der Waals surface area contributed by atoms with E-state index in [-0.39, 0.29) is 0 Å². The number of hydrogen-bond acceptors (Lipinski definition) is 2. The smallest absolute Gasteiger partial charge is 0.264 e. The lowest BCUT2D eigenvalue weighted by Gasteiger charge is -2.20. The SMILES string of the molecule is C=CCCCN(C=C=C1CCCCC1)S(=O)(=O)c1ccc(C)cc1. The van der Waals surface area contributed by atoms with E-state index in [4.69, 9.17) is 0 Å². The van der Waals surface area contributed by atoms with Crippen LogP contribution in [0, 0.1) is 6.92 Å². The molecule has 1 aliphatic rings. The van der Waals surface area contributed by atoms with Crippen molar-refractivity contribution in [1.29, 1.82) is 0 Å². The molecule has 0 aliphatic heterocycles. The normalized spacial score (nSPS) is 14.8. The van der Waals surface area contributed by atoms with Crippen LogP contribution in [-0.2, 0) is 10.0 Å². The second-order valence-electron chi connectivity index (χ2n) is 6.30. The standard InChI is InChI=1S/C20H27NO2S/c1-3-4-8-16-21(17-15-19-9-6-5-7-10-19)24(22,23)20-13-11-18(2)12-14-20/h3,11-14,17H,1,4-10,16H2,2H3. The molecule has 0 heterocycles. The van der Waals surface area contributed by atoms with Crippen molar-refractivity contribution >= 4 is 10.0 Å². The zero-order chi connectivity index (χ0) is 17.4. The van der Waals surface area contributed by atoms with E-state index in [0.717, 1.165) is 31.2 Å².